The molecule has 0 bridgehead atoms. The highest BCUT2D eigenvalue weighted by Crippen LogP contribution is 2.23. The number of aryl methyl sites for hydroxylation is 2. The largest absolute Gasteiger partial charge is 0.395 e. The first-order chi connectivity index (χ1) is 8.49. The maximum absolute atomic E-state index is 12.4. The van der Waals surface area contributed by atoms with E-state index in [-0.39, 0.29) is 13.2 Å². The zero-order valence-electron chi connectivity index (χ0n) is 10.4. The molecule has 1 amide bonds. The van der Waals surface area contributed by atoms with E-state index in [4.69, 9.17) is 5.11 Å². The molecule has 1 aromatic rings. The molecule has 0 saturated heterocycles. The van der Waals surface area contributed by atoms with E-state index in [1.165, 1.54) is 11.3 Å². The molecule has 1 N–H and O–H groups in total. The second kappa shape index (κ2) is 6.80. The summed E-state index contributed by atoms with van der Waals surface area (Å²) in [5, 5.41) is 8.82. The summed E-state index contributed by atoms with van der Waals surface area (Å²) in [5.74, 6) is -0.433. The third kappa shape index (κ3) is 3.74. The van der Waals surface area contributed by atoms with Crippen molar-refractivity contribution in [1.29, 1.82) is 0 Å². The molecule has 0 atom stereocenters. The van der Waals surface area contributed by atoms with Crippen LogP contribution in [0.1, 0.15) is 27.0 Å². The van der Waals surface area contributed by atoms with Gasteiger partial charge in [-0.3, -0.25) is 4.79 Å². The normalized spacial score (nSPS) is 11.0. The maximum Gasteiger partial charge on any atom is 0.264 e. The summed E-state index contributed by atoms with van der Waals surface area (Å²) >= 11 is 1.31. The SMILES string of the molecule is CCc1cc(C(=O)N(CCO)CC(F)F)sc1C. The second-order valence-electron chi connectivity index (χ2n) is 3.91. The molecule has 0 aliphatic carbocycles. The summed E-state index contributed by atoms with van der Waals surface area (Å²) in [4.78, 5) is 14.5. The van der Waals surface area contributed by atoms with E-state index < -0.39 is 18.9 Å². The average Bonchev–Trinajstić information content (AvgIpc) is 2.68. The van der Waals surface area contributed by atoms with Gasteiger partial charge in [-0.1, -0.05) is 6.92 Å². The Morgan fingerprint density at radius 3 is 2.67 bits per heavy atom. The van der Waals surface area contributed by atoms with Crippen molar-refractivity contribution in [3.8, 4) is 0 Å². The number of alkyl halides is 2. The van der Waals surface area contributed by atoms with Crippen LogP contribution in [-0.2, 0) is 6.42 Å². The molecule has 0 aromatic carbocycles. The van der Waals surface area contributed by atoms with Gasteiger partial charge in [-0.15, -0.1) is 11.3 Å². The Morgan fingerprint density at radius 1 is 1.56 bits per heavy atom. The van der Waals surface area contributed by atoms with Crippen LogP contribution in [-0.4, -0.2) is 42.0 Å². The number of nitrogens with zero attached hydrogens (tertiary/aromatic N) is 1. The predicted molar refractivity (Wildman–Crippen MR) is 67.4 cm³/mol. The maximum atomic E-state index is 12.4. The van der Waals surface area contributed by atoms with Crippen molar-refractivity contribution in [3.63, 3.8) is 0 Å². The first kappa shape index (κ1) is 15.0. The molecule has 1 rings (SSSR count). The van der Waals surface area contributed by atoms with E-state index >= 15 is 0 Å². The topological polar surface area (TPSA) is 40.5 Å². The molecular weight excluding hydrogens is 260 g/mol. The fourth-order valence-corrected chi connectivity index (χ4v) is 2.78. The number of thiophene rings is 1. The number of aliphatic hydroxyl groups is 1. The molecule has 18 heavy (non-hydrogen) atoms. The minimum atomic E-state index is -2.59. The molecule has 0 unspecified atom stereocenters. The lowest BCUT2D eigenvalue weighted by molar-refractivity contribution is 0.0513. The number of halogens is 2. The van der Waals surface area contributed by atoms with E-state index in [9.17, 15) is 13.6 Å². The molecule has 3 nitrogen and oxygen atoms in total. The molecule has 0 spiro atoms. The molecule has 0 aliphatic rings. The van der Waals surface area contributed by atoms with Crippen molar-refractivity contribution in [3.05, 3.63) is 21.4 Å². The Balaban J connectivity index is 2.86. The minimum absolute atomic E-state index is 0.0679. The fourth-order valence-electron chi connectivity index (χ4n) is 1.70. The summed E-state index contributed by atoms with van der Waals surface area (Å²) in [6, 6.07) is 1.75. The van der Waals surface area contributed by atoms with Crippen LogP contribution in [0.25, 0.3) is 0 Å². The van der Waals surface area contributed by atoms with Gasteiger partial charge in [0.2, 0.25) is 0 Å². The molecule has 1 heterocycles. The summed E-state index contributed by atoms with van der Waals surface area (Å²) in [6.07, 6.45) is -1.78. The van der Waals surface area contributed by atoms with Gasteiger partial charge in [0.25, 0.3) is 12.3 Å². The van der Waals surface area contributed by atoms with Crippen molar-refractivity contribution in [1.82, 2.24) is 4.90 Å². The smallest absolute Gasteiger partial charge is 0.264 e. The molecule has 6 heteroatoms. The standard InChI is InChI=1S/C12H17F2NO2S/c1-3-9-6-10(18-8(9)2)12(17)15(4-5-16)7-11(13)14/h6,11,16H,3-5,7H2,1-2H3. The second-order valence-corrected chi connectivity index (χ2v) is 5.17. The first-order valence-corrected chi connectivity index (χ1v) is 6.58. The van der Waals surface area contributed by atoms with Crippen molar-refractivity contribution in [2.75, 3.05) is 19.7 Å². The quantitative estimate of drug-likeness (QED) is 0.867. The minimum Gasteiger partial charge on any atom is -0.395 e. The van der Waals surface area contributed by atoms with Gasteiger partial charge in [0, 0.05) is 11.4 Å². The van der Waals surface area contributed by atoms with Crippen LogP contribution in [0.3, 0.4) is 0 Å². The fraction of sp³-hybridized carbons (Fsp3) is 0.583. The average molecular weight is 277 g/mol. The van der Waals surface area contributed by atoms with Gasteiger partial charge in [-0.2, -0.15) is 0 Å². The van der Waals surface area contributed by atoms with Crippen LogP contribution in [0.15, 0.2) is 6.07 Å². The lowest BCUT2D eigenvalue weighted by atomic mass is 10.2. The van der Waals surface area contributed by atoms with Crippen molar-refractivity contribution in [2.24, 2.45) is 0 Å². The number of amides is 1. The number of carbonyl (C=O) groups excluding carboxylic acids is 1. The number of hydrogen-bond donors (Lipinski definition) is 1. The Bertz CT molecular complexity index is 407. The third-order valence-corrected chi connectivity index (χ3v) is 3.71. The van der Waals surface area contributed by atoms with Gasteiger partial charge in [-0.25, -0.2) is 8.78 Å². The van der Waals surface area contributed by atoms with Crippen LogP contribution < -0.4 is 0 Å². The molecule has 102 valence electrons. The molecule has 0 fully saturated rings. The number of rotatable bonds is 6. The van der Waals surface area contributed by atoms with E-state index in [2.05, 4.69) is 0 Å². The van der Waals surface area contributed by atoms with Crippen LogP contribution in [0, 0.1) is 6.92 Å². The lowest BCUT2D eigenvalue weighted by Gasteiger charge is -2.20. The van der Waals surface area contributed by atoms with Crippen molar-refractivity contribution < 1.29 is 18.7 Å². The van der Waals surface area contributed by atoms with Gasteiger partial charge in [0.15, 0.2) is 0 Å². The molecule has 0 radical (unpaired) electrons. The van der Waals surface area contributed by atoms with Crippen LogP contribution in [0.2, 0.25) is 0 Å². The Morgan fingerprint density at radius 2 is 2.22 bits per heavy atom. The molecule has 1 aromatic heterocycles. The van der Waals surface area contributed by atoms with Crippen molar-refractivity contribution >= 4 is 17.2 Å². The van der Waals surface area contributed by atoms with E-state index in [1.54, 1.807) is 6.07 Å². The third-order valence-electron chi connectivity index (χ3n) is 2.63. The first-order valence-electron chi connectivity index (χ1n) is 5.77. The number of carbonyl (C=O) groups is 1. The highest BCUT2D eigenvalue weighted by molar-refractivity contribution is 7.14. The van der Waals surface area contributed by atoms with Gasteiger partial charge in [0.05, 0.1) is 18.0 Å². The highest BCUT2D eigenvalue weighted by Gasteiger charge is 2.21. The van der Waals surface area contributed by atoms with Gasteiger partial charge in [0.1, 0.15) is 0 Å². The van der Waals surface area contributed by atoms with Crippen molar-refractivity contribution in [2.45, 2.75) is 26.7 Å². The monoisotopic (exact) mass is 277 g/mol. The predicted octanol–water partition coefficient (Wildman–Crippen LogP) is 2.32. The lowest BCUT2D eigenvalue weighted by Crippen LogP contribution is -2.36. The van der Waals surface area contributed by atoms with Gasteiger partial charge in [-0.05, 0) is 25.0 Å². The molecule has 0 aliphatic heterocycles. The Kier molecular flexibility index (Phi) is 5.68. The zero-order valence-corrected chi connectivity index (χ0v) is 11.3. The van der Waals surface area contributed by atoms with Crippen LogP contribution in [0.4, 0.5) is 8.78 Å². The van der Waals surface area contributed by atoms with Crippen LogP contribution >= 0.6 is 11.3 Å². The summed E-state index contributed by atoms with van der Waals surface area (Å²) < 4.78 is 24.7. The number of aliphatic hydroxyl groups excluding tert-OH is 1. The van der Waals surface area contributed by atoms with E-state index in [0.717, 1.165) is 21.8 Å². The Hall–Kier alpha value is -1.01. The summed E-state index contributed by atoms with van der Waals surface area (Å²) in [6.45, 7) is 2.86. The van der Waals surface area contributed by atoms with Gasteiger partial charge >= 0.3 is 0 Å². The molecule has 0 saturated carbocycles. The zero-order chi connectivity index (χ0) is 13.7. The highest BCUT2D eigenvalue weighted by atomic mass is 32.1. The number of hydrogen-bond acceptors (Lipinski definition) is 3. The summed E-state index contributed by atoms with van der Waals surface area (Å²) in [7, 11) is 0. The van der Waals surface area contributed by atoms with E-state index in [1.807, 2.05) is 13.8 Å². The van der Waals surface area contributed by atoms with Crippen LogP contribution in [0.5, 0.6) is 0 Å². The summed E-state index contributed by atoms with van der Waals surface area (Å²) in [5.41, 5.74) is 1.06. The van der Waals surface area contributed by atoms with E-state index in [0.29, 0.717) is 4.88 Å². The Labute approximate surface area is 109 Å². The van der Waals surface area contributed by atoms with Gasteiger partial charge < -0.3 is 10.0 Å². The molecular formula is C12H17F2NO2S.